The van der Waals surface area contributed by atoms with E-state index in [0.717, 1.165) is 11.1 Å². The molecule has 0 heterocycles. The van der Waals surface area contributed by atoms with E-state index in [2.05, 4.69) is 10.6 Å². The molecule has 2 N–H and O–H groups in total. The first-order valence-electron chi connectivity index (χ1n) is 9.65. The zero-order valence-electron chi connectivity index (χ0n) is 16.9. The lowest BCUT2D eigenvalue weighted by atomic mass is 10.0. The fourth-order valence-corrected chi connectivity index (χ4v) is 3.00. The number of nitrogens with one attached hydrogen (secondary N) is 2. The number of amides is 2. The molecule has 0 aliphatic carbocycles. The van der Waals surface area contributed by atoms with Crippen LogP contribution in [0.15, 0.2) is 78.9 Å². The first-order valence-corrected chi connectivity index (χ1v) is 9.65. The van der Waals surface area contributed by atoms with Crippen LogP contribution < -0.4 is 10.6 Å². The zero-order chi connectivity index (χ0) is 21.5. The highest BCUT2D eigenvalue weighted by atomic mass is 19.1. The first-order chi connectivity index (χ1) is 14.4. The minimum absolute atomic E-state index is 0.0201. The van der Waals surface area contributed by atoms with Crippen molar-refractivity contribution in [3.05, 3.63) is 84.7 Å². The molecule has 6 heteroatoms. The van der Waals surface area contributed by atoms with E-state index in [1.165, 1.54) is 24.3 Å². The van der Waals surface area contributed by atoms with Crippen LogP contribution in [0.1, 0.15) is 6.92 Å². The lowest BCUT2D eigenvalue weighted by molar-refractivity contribution is -0.122. The van der Waals surface area contributed by atoms with E-state index in [4.69, 9.17) is 0 Å². The second kappa shape index (κ2) is 9.80. The summed E-state index contributed by atoms with van der Waals surface area (Å²) in [7, 11) is 1.71. The normalized spacial score (nSPS) is 11.7. The molecule has 0 unspecified atom stereocenters. The van der Waals surface area contributed by atoms with Crippen LogP contribution in [0.4, 0.5) is 15.8 Å². The Morgan fingerprint density at radius 1 is 0.900 bits per heavy atom. The number of nitrogens with zero attached hydrogens (tertiary/aromatic N) is 1. The van der Waals surface area contributed by atoms with Gasteiger partial charge in [-0.25, -0.2) is 4.39 Å². The van der Waals surface area contributed by atoms with Gasteiger partial charge in [-0.1, -0.05) is 48.5 Å². The Morgan fingerprint density at radius 3 is 2.23 bits per heavy atom. The van der Waals surface area contributed by atoms with Crippen LogP contribution in [-0.4, -0.2) is 36.3 Å². The molecule has 1 atom stereocenters. The summed E-state index contributed by atoms with van der Waals surface area (Å²) in [6, 6.07) is 22.4. The molecule has 0 aliphatic rings. The Kier molecular flexibility index (Phi) is 6.93. The van der Waals surface area contributed by atoms with Gasteiger partial charge in [-0.05, 0) is 49.9 Å². The quantitative estimate of drug-likeness (QED) is 0.613. The van der Waals surface area contributed by atoms with Crippen molar-refractivity contribution in [3.8, 4) is 11.1 Å². The Hall–Kier alpha value is -3.51. The lowest BCUT2D eigenvalue weighted by Crippen LogP contribution is -2.43. The molecule has 2 amide bonds. The van der Waals surface area contributed by atoms with E-state index in [-0.39, 0.29) is 24.2 Å². The van der Waals surface area contributed by atoms with Crippen LogP contribution in [0.3, 0.4) is 0 Å². The van der Waals surface area contributed by atoms with Gasteiger partial charge in [-0.15, -0.1) is 0 Å². The number of para-hydroxylation sites is 1. The average molecular weight is 405 g/mol. The standard InChI is InChI=1S/C24H24FN3O2/c1-17(28(2)16-23(29)26-20-14-12-19(25)13-15-20)24(30)27-22-11-7-6-10-21(22)18-8-4-3-5-9-18/h3-15,17H,16H2,1-2H3,(H,26,29)(H,27,30)/t17-/m0/s1. The fraction of sp³-hybridized carbons (Fsp3) is 0.167. The molecule has 3 aromatic carbocycles. The summed E-state index contributed by atoms with van der Waals surface area (Å²) in [6.07, 6.45) is 0. The molecular formula is C24H24FN3O2. The maximum Gasteiger partial charge on any atom is 0.241 e. The van der Waals surface area contributed by atoms with E-state index in [9.17, 15) is 14.0 Å². The third-order valence-corrected chi connectivity index (χ3v) is 4.83. The van der Waals surface area contributed by atoms with Gasteiger partial charge in [-0.3, -0.25) is 14.5 Å². The van der Waals surface area contributed by atoms with Crippen molar-refractivity contribution in [2.45, 2.75) is 13.0 Å². The van der Waals surface area contributed by atoms with Crippen LogP contribution >= 0.6 is 0 Å². The van der Waals surface area contributed by atoms with E-state index in [0.29, 0.717) is 11.4 Å². The number of benzene rings is 3. The van der Waals surface area contributed by atoms with E-state index in [1.54, 1.807) is 18.9 Å². The van der Waals surface area contributed by atoms with Gasteiger partial charge in [0.2, 0.25) is 11.8 Å². The highest BCUT2D eigenvalue weighted by Crippen LogP contribution is 2.27. The summed E-state index contributed by atoms with van der Waals surface area (Å²) in [5.74, 6) is -0.866. The maximum atomic E-state index is 13.0. The van der Waals surface area contributed by atoms with Gasteiger partial charge in [0, 0.05) is 16.9 Å². The number of anilines is 2. The fourth-order valence-electron chi connectivity index (χ4n) is 3.00. The molecule has 154 valence electrons. The number of hydrogen-bond acceptors (Lipinski definition) is 3. The van der Waals surface area contributed by atoms with Crippen molar-refractivity contribution in [2.75, 3.05) is 24.2 Å². The van der Waals surface area contributed by atoms with Crippen molar-refractivity contribution in [3.63, 3.8) is 0 Å². The molecule has 0 bridgehead atoms. The average Bonchev–Trinajstić information content (AvgIpc) is 2.75. The predicted octanol–water partition coefficient (Wildman–Crippen LogP) is 4.39. The summed E-state index contributed by atoms with van der Waals surface area (Å²) in [6.45, 7) is 1.76. The van der Waals surface area contributed by atoms with Crippen LogP contribution in [0.25, 0.3) is 11.1 Å². The SMILES string of the molecule is C[C@@H](C(=O)Nc1ccccc1-c1ccccc1)N(C)CC(=O)Nc1ccc(F)cc1. The van der Waals surface area contributed by atoms with Crippen LogP contribution in [0.5, 0.6) is 0 Å². The molecular weight excluding hydrogens is 381 g/mol. The molecule has 0 spiro atoms. The first kappa shape index (κ1) is 21.2. The second-order valence-electron chi connectivity index (χ2n) is 7.05. The number of halogens is 1. The monoisotopic (exact) mass is 405 g/mol. The van der Waals surface area contributed by atoms with Crippen molar-refractivity contribution >= 4 is 23.2 Å². The lowest BCUT2D eigenvalue weighted by Gasteiger charge is -2.24. The highest BCUT2D eigenvalue weighted by molar-refractivity contribution is 5.99. The van der Waals surface area contributed by atoms with E-state index >= 15 is 0 Å². The second-order valence-corrected chi connectivity index (χ2v) is 7.05. The van der Waals surface area contributed by atoms with Crippen molar-refractivity contribution in [2.24, 2.45) is 0 Å². The predicted molar refractivity (Wildman–Crippen MR) is 118 cm³/mol. The van der Waals surface area contributed by atoms with Gasteiger partial charge >= 0.3 is 0 Å². The molecule has 0 radical (unpaired) electrons. The van der Waals surface area contributed by atoms with Crippen LogP contribution in [0, 0.1) is 5.82 Å². The van der Waals surface area contributed by atoms with Crippen molar-refractivity contribution in [1.82, 2.24) is 4.90 Å². The van der Waals surface area contributed by atoms with Gasteiger partial charge in [0.15, 0.2) is 0 Å². The third kappa shape index (κ3) is 5.52. The molecule has 0 aliphatic heterocycles. The highest BCUT2D eigenvalue weighted by Gasteiger charge is 2.21. The van der Waals surface area contributed by atoms with Gasteiger partial charge in [-0.2, -0.15) is 0 Å². The molecule has 3 rings (SSSR count). The molecule has 0 saturated carbocycles. The van der Waals surface area contributed by atoms with E-state index < -0.39 is 6.04 Å². The Bertz CT molecular complexity index is 1010. The van der Waals surface area contributed by atoms with Gasteiger partial charge < -0.3 is 10.6 Å². The Morgan fingerprint density at radius 2 is 1.53 bits per heavy atom. The summed E-state index contributed by atoms with van der Waals surface area (Å²) < 4.78 is 13.0. The van der Waals surface area contributed by atoms with Crippen LogP contribution in [0.2, 0.25) is 0 Å². The molecule has 5 nitrogen and oxygen atoms in total. The van der Waals surface area contributed by atoms with E-state index in [1.807, 2.05) is 54.6 Å². The summed E-state index contributed by atoms with van der Waals surface area (Å²) in [4.78, 5) is 26.7. The molecule has 0 saturated heterocycles. The number of carbonyl (C=O) groups excluding carboxylic acids is 2. The largest absolute Gasteiger partial charge is 0.325 e. The summed E-state index contributed by atoms with van der Waals surface area (Å²) >= 11 is 0. The third-order valence-electron chi connectivity index (χ3n) is 4.83. The maximum absolute atomic E-state index is 13.0. The van der Waals surface area contributed by atoms with Gasteiger partial charge in [0.05, 0.1) is 12.6 Å². The number of rotatable bonds is 7. The number of likely N-dealkylation sites (N-methyl/N-ethyl adjacent to an activating group) is 1. The molecule has 0 aromatic heterocycles. The number of carbonyl (C=O) groups is 2. The van der Waals surface area contributed by atoms with Crippen molar-refractivity contribution < 1.29 is 14.0 Å². The zero-order valence-corrected chi connectivity index (χ0v) is 16.9. The van der Waals surface area contributed by atoms with Gasteiger partial charge in [0.25, 0.3) is 0 Å². The molecule has 3 aromatic rings. The van der Waals surface area contributed by atoms with Crippen molar-refractivity contribution in [1.29, 1.82) is 0 Å². The molecule has 0 fully saturated rings. The topological polar surface area (TPSA) is 61.4 Å². The minimum Gasteiger partial charge on any atom is -0.325 e. The Balaban J connectivity index is 1.62. The number of hydrogen-bond donors (Lipinski definition) is 2. The Labute approximate surface area is 175 Å². The smallest absolute Gasteiger partial charge is 0.241 e. The molecule has 30 heavy (non-hydrogen) atoms. The summed E-state index contributed by atoms with van der Waals surface area (Å²) in [5.41, 5.74) is 3.15. The van der Waals surface area contributed by atoms with Crippen LogP contribution in [-0.2, 0) is 9.59 Å². The minimum atomic E-state index is -0.534. The van der Waals surface area contributed by atoms with Gasteiger partial charge in [0.1, 0.15) is 5.82 Å². The summed E-state index contributed by atoms with van der Waals surface area (Å²) in [5, 5.41) is 5.66.